The van der Waals surface area contributed by atoms with E-state index in [-0.39, 0.29) is 5.41 Å². The zero-order valence-electron chi connectivity index (χ0n) is 26.2. The summed E-state index contributed by atoms with van der Waals surface area (Å²) in [4.78, 5) is 22.3. The minimum absolute atomic E-state index is 0.225. The molecule has 1 unspecified atom stereocenters. The maximum absolute atomic E-state index is 6.49. The zero-order valence-corrected chi connectivity index (χ0v) is 26.2. The van der Waals surface area contributed by atoms with Crippen LogP contribution < -0.4 is 14.5 Å². The Labute approximate surface area is 255 Å². The van der Waals surface area contributed by atoms with Crippen molar-refractivity contribution >= 4 is 22.3 Å². The third-order valence-electron chi connectivity index (χ3n) is 9.77. The quantitative estimate of drug-likeness (QED) is 0.256. The van der Waals surface area contributed by atoms with Gasteiger partial charge in [0.25, 0.3) is 0 Å². The van der Waals surface area contributed by atoms with E-state index in [4.69, 9.17) is 19.7 Å². The summed E-state index contributed by atoms with van der Waals surface area (Å²) in [5, 5.41) is 2.68. The van der Waals surface area contributed by atoms with Crippen molar-refractivity contribution in [2.24, 2.45) is 12.5 Å². The zero-order chi connectivity index (χ0) is 29.6. The second kappa shape index (κ2) is 11.5. The monoisotopic (exact) mass is 579 g/mol. The molecule has 1 aliphatic carbocycles. The summed E-state index contributed by atoms with van der Waals surface area (Å²) >= 11 is 0. The molecule has 1 atom stereocenters. The number of rotatable bonds is 9. The lowest BCUT2D eigenvalue weighted by atomic mass is 9.95. The molecular formula is C35H45N7O. The van der Waals surface area contributed by atoms with Crippen molar-refractivity contribution in [3.63, 3.8) is 0 Å². The van der Waals surface area contributed by atoms with Gasteiger partial charge in [0.2, 0.25) is 0 Å². The van der Waals surface area contributed by atoms with E-state index in [1.54, 1.807) is 0 Å². The van der Waals surface area contributed by atoms with Crippen LogP contribution in [0.5, 0.6) is 6.01 Å². The van der Waals surface area contributed by atoms with E-state index in [0.29, 0.717) is 18.5 Å². The van der Waals surface area contributed by atoms with Crippen molar-refractivity contribution in [1.29, 1.82) is 0 Å². The molecule has 3 aliphatic rings. The minimum atomic E-state index is 0.225. The number of ether oxygens (including phenoxy) is 1. The molecule has 4 heterocycles. The first kappa shape index (κ1) is 28.1. The average Bonchev–Trinajstić information content (AvgIpc) is 3.65. The lowest BCUT2D eigenvalue weighted by Gasteiger charge is -2.37. The van der Waals surface area contributed by atoms with Crippen LogP contribution in [0.4, 0.5) is 11.5 Å². The molecule has 0 N–H and O–H groups in total. The highest BCUT2D eigenvalue weighted by atomic mass is 16.5. The molecule has 8 heteroatoms. The third-order valence-corrected chi connectivity index (χ3v) is 9.77. The van der Waals surface area contributed by atoms with Gasteiger partial charge in [-0.3, -0.25) is 0 Å². The van der Waals surface area contributed by atoms with Crippen molar-refractivity contribution in [3.05, 3.63) is 71.4 Å². The highest BCUT2D eigenvalue weighted by Crippen LogP contribution is 2.46. The van der Waals surface area contributed by atoms with Crippen molar-refractivity contribution in [2.75, 3.05) is 56.7 Å². The SMILES string of the molecule is CCc1cccc2cccc(N3CCc4c(nc(OCC5(CN(C)C)CC5)nc4N4CCCC(c5nccn5C)C4)C3)c12. The van der Waals surface area contributed by atoms with E-state index < -0.39 is 0 Å². The van der Waals surface area contributed by atoms with E-state index in [0.717, 1.165) is 75.7 Å². The summed E-state index contributed by atoms with van der Waals surface area (Å²) in [6.07, 6.45) is 10.6. The number of imidazole rings is 1. The largest absolute Gasteiger partial charge is 0.463 e. The van der Waals surface area contributed by atoms with Gasteiger partial charge in [-0.25, -0.2) is 4.98 Å². The maximum atomic E-state index is 6.49. The van der Waals surface area contributed by atoms with Crippen LogP contribution >= 0.6 is 0 Å². The molecule has 43 heavy (non-hydrogen) atoms. The van der Waals surface area contributed by atoms with Crippen LogP contribution in [-0.4, -0.2) is 71.3 Å². The first-order chi connectivity index (χ1) is 20.9. The Morgan fingerprint density at radius 3 is 2.63 bits per heavy atom. The predicted molar refractivity (Wildman–Crippen MR) is 173 cm³/mol. The number of anilines is 2. The highest BCUT2D eigenvalue weighted by molar-refractivity contribution is 5.97. The van der Waals surface area contributed by atoms with Crippen LogP contribution in [0.25, 0.3) is 10.8 Å². The van der Waals surface area contributed by atoms with Gasteiger partial charge in [-0.1, -0.05) is 37.3 Å². The Kier molecular flexibility index (Phi) is 7.49. The van der Waals surface area contributed by atoms with Crippen LogP contribution in [0, 0.1) is 5.41 Å². The van der Waals surface area contributed by atoms with Crippen LogP contribution in [0.3, 0.4) is 0 Å². The molecule has 1 saturated carbocycles. The number of nitrogens with zero attached hydrogens (tertiary/aromatic N) is 7. The van der Waals surface area contributed by atoms with E-state index in [1.807, 2.05) is 6.20 Å². The minimum Gasteiger partial charge on any atom is -0.463 e. The Balaban J connectivity index is 1.23. The Morgan fingerprint density at radius 2 is 1.88 bits per heavy atom. The molecule has 1 saturated heterocycles. The van der Waals surface area contributed by atoms with Gasteiger partial charge in [-0.05, 0) is 69.6 Å². The summed E-state index contributed by atoms with van der Waals surface area (Å²) in [6.45, 7) is 7.59. The molecule has 226 valence electrons. The molecular weight excluding hydrogens is 534 g/mol. The summed E-state index contributed by atoms with van der Waals surface area (Å²) in [5.74, 6) is 2.63. The molecule has 0 radical (unpaired) electrons. The number of benzene rings is 2. The van der Waals surface area contributed by atoms with Crippen LogP contribution in [-0.2, 0) is 26.4 Å². The molecule has 2 aromatic carbocycles. The Morgan fingerprint density at radius 1 is 1.05 bits per heavy atom. The first-order valence-corrected chi connectivity index (χ1v) is 16.1. The lowest BCUT2D eigenvalue weighted by molar-refractivity contribution is 0.182. The van der Waals surface area contributed by atoms with Gasteiger partial charge < -0.3 is 24.0 Å². The number of hydrogen-bond acceptors (Lipinski definition) is 7. The van der Waals surface area contributed by atoms with Crippen molar-refractivity contribution < 1.29 is 4.74 Å². The second-order valence-electron chi connectivity index (χ2n) is 13.3. The van der Waals surface area contributed by atoms with Gasteiger partial charge >= 0.3 is 6.01 Å². The third kappa shape index (κ3) is 5.57. The number of aryl methyl sites for hydroxylation is 2. The van der Waals surface area contributed by atoms with E-state index in [1.165, 1.54) is 40.4 Å². The molecule has 0 spiro atoms. The van der Waals surface area contributed by atoms with Crippen LogP contribution in [0.2, 0.25) is 0 Å². The number of fused-ring (bicyclic) bond motifs is 2. The van der Waals surface area contributed by atoms with Gasteiger partial charge in [0.15, 0.2) is 0 Å². The van der Waals surface area contributed by atoms with Crippen molar-refractivity contribution in [1.82, 2.24) is 24.4 Å². The maximum Gasteiger partial charge on any atom is 0.318 e. The predicted octanol–water partition coefficient (Wildman–Crippen LogP) is 5.59. The Bertz CT molecular complexity index is 1600. The lowest BCUT2D eigenvalue weighted by Crippen LogP contribution is -2.39. The molecule has 2 aromatic heterocycles. The topological polar surface area (TPSA) is 62.6 Å². The average molecular weight is 580 g/mol. The summed E-state index contributed by atoms with van der Waals surface area (Å²) < 4.78 is 8.66. The molecule has 0 amide bonds. The van der Waals surface area contributed by atoms with E-state index >= 15 is 0 Å². The van der Waals surface area contributed by atoms with Crippen molar-refractivity contribution in [2.45, 2.75) is 57.9 Å². The first-order valence-electron chi connectivity index (χ1n) is 16.1. The van der Waals surface area contributed by atoms with E-state index in [2.05, 4.69) is 89.9 Å². The normalized spacial score (nSPS) is 19.6. The van der Waals surface area contributed by atoms with Gasteiger partial charge in [-0.2, -0.15) is 9.97 Å². The number of aromatic nitrogens is 4. The Hall–Kier alpha value is -3.65. The highest BCUT2D eigenvalue weighted by Gasteiger charge is 2.44. The summed E-state index contributed by atoms with van der Waals surface area (Å²) in [5.41, 5.74) is 5.32. The van der Waals surface area contributed by atoms with Crippen LogP contribution in [0.15, 0.2) is 48.8 Å². The van der Waals surface area contributed by atoms with Gasteiger partial charge in [0.05, 0.1) is 18.8 Å². The number of hydrogen-bond donors (Lipinski definition) is 0. The van der Waals surface area contributed by atoms with Gasteiger partial charge in [0.1, 0.15) is 11.6 Å². The molecule has 2 aliphatic heterocycles. The van der Waals surface area contributed by atoms with Crippen LogP contribution in [0.1, 0.15) is 61.2 Å². The number of piperidine rings is 1. The molecule has 8 nitrogen and oxygen atoms in total. The summed E-state index contributed by atoms with van der Waals surface area (Å²) in [7, 11) is 6.40. The summed E-state index contributed by atoms with van der Waals surface area (Å²) in [6, 6.07) is 13.9. The van der Waals surface area contributed by atoms with E-state index in [9.17, 15) is 0 Å². The molecule has 4 aromatic rings. The molecule has 7 rings (SSSR count). The fraction of sp³-hybridized carbons (Fsp3) is 0.514. The molecule has 0 bridgehead atoms. The fourth-order valence-electron chi connectivity index (χ4n) is 7.44. The fourth-order valence-corrected chi connectivity index (χ4v) is 7.44. The standard InChI is InChI=1S/C35H45N7O/c1-5-25-9-6-10-26-11-7-13-30(31(25)26)41-19-14-28-29(22-41)37-34(43-24-35(15-16-35)23-39(2)3)38-33(28)42-18-8-12-27(21-42)32-36-17-20-40(32)4/h6-7,9-11,13,17,20,27H,5,8,12,14-16,18-19,21-24H2,1-4H3. The second-order valence-corrected chi connectivity index (χ2v) is 13.3. The smallest absolute Gasteiger partial charge is 0.318 e. The van der Waals surface area contributed by atoms with Gasteiger partial charge in [0, 0.05) is 73.6 Å². The van der Waals surface area contributed by atoms with Crippen molar-refractivity contribution in [3.8, 4) is 6.01 Å². The van der Waals surface area contributed by atoms with Gasteiger partial charge in [-0.15, -0.1) is 0 Å². The molecule has 2 fully saturated rings.